The van der Waals surface area contributed by atoms with Gasteiger partial charge in [-0.25, -0.2) is 4.39 Å². The van der Waals surface area contributed by atoms with Gasteiger partial charge in [0.2, 0.25) is 5.91 Å². The second-order valence-electron chi connectivity index (χ2n) is 5.59. The summed E-state index contributed by atoms with van der Waals surface area (Å²) in [6.07, 6.45) is 3.10. The fourth-order valence-corrected chi connectivity index (χ4v) is 3.05. The van der Waals surface area contributed by atoms with Crippen molar-refractivity contribution in [2.75, 3.05) is 5.32 Å². The van der Waals surface area contributed by atoms with E-state index in [1.54, 1.807) is 0 Å². The second kappa shape index (κ2) is 4.77. The maximum atomic E-state index is 13.2. The molecule has 0 aromatic heterocycles. The van der Waals surface area contributed by atoms with Crippen LogP contribution >= 0.6 is 0 Å². The van der Waals surface area contributed by atoms with Gasteiger partial charge in [-0.15, -0.1) is 0 Å². The molecule has 1 aromatic rings. The lowest BCUT2D eigenvalue weighted by molar-refractivity contribution is -0.120. The third kappa shape index (κ3) is 2.33. The van der Waals surface area contributed by atoms with Gasteiger partial charge in [-0.2, -0.15) is 0 Å². The Labute approximate surface area is 115 Å². The minimum atomic E-state index is -0.508. The summed E-state index contributed by atoms with van der Waals surface area (Å²) < 4.78 is 13.2. The number of nitrogens with zero attached hydrogens (tertiary/aromatic N) is 1. The van der Waals surface area contributed by atoms with E-state index in [-0.39, 0.29) is 23.2 Å². The van der Waals surface area contributed by atoms with Crippen LogP contribution in [0.3, 0.4) is 0 Å². The molecule has 2 unspecified atom stereocenters. The first-order valence-corrected chi connectivity index (χ1v) is 6.66. The molecule has 2 fully saturated rings. The predicted molar refractivity (Wildman–Crippen MR) is 71.9 cm³/mol. The van der Waals surface area contributed by atoms with Crippen molar-refractivity contribution in [3.63, 3.8) is 0 Å². The molecule has 6 heteroatoms. The quantitative estimate of drug-likeness (QED) is 0.341. The van der Waals surface area contributed by atoms with Crippen LogP contribution in [0.25, 0.3) is 0 Å². The van der Waals surface area contributed by atoms with E-state index >= 15 is 0 Å². The highest BCUT2D eigenvalue weighted by Crippen LogP contribution is 2.54. The van der Waals surface area contributed by atoms with Crippen molar-refractivity contribution in [1.29, 1.82) is 0 Å². The molecule has 2 aliphatic carbocycles. The van der Waals surface area contributed by atoms with Gasteiger partial charge in [0.25, 0.3) is 0 Å². The number of hydrogen-bond acceptors (Lipinski definition) is 3. The normalized spacial score (nSPS) is 28.1. The van der Waals surface area contributed by atoms with Crippen LogP contribution in [-0.4, -0.2) is 17.0 Å². The van der Waals surface area contributed by atoms with Gasteiger partial charge in [0, 0.05) is 11.5 Å². The lowest BCUT2D eigenvalue weighted by Gasteiger charge is -2.14. The first kappa shape index (κ1) is 12.9. The molecule has 5 nitrogen and oxygen atoms in total. The molecule has 1 aromatic carbocycles. The molecule has 3 rings (SSSR count). The van der Waals surface area contributed by atoms with Gasteiger partial charge in [-0.05, 0) is 49.3 Å². The van der Waals surface area contributed by atoms with Gasteiger partial charge in [-0.3, -0.25) is 4.79 Å². The van der Waals surface area contributed by atoms with Crippen LogP contribution in [0.2, 0.25) is 0 Å². The molecule has 0 heterocycles. The van der Waals surface area contributed by atoms with Crippen LogP contribution in [0, 0.1) is 23.6 Å². The minimum absolute atomic E-state index is 0.0175. The largest absolute Gasteiger partial charge is 0.409 e. The second-order valence-corrected chi connectivity index (χ2v) is 5.59. The first-order valence-electron chi connectivity index (χ1n) is 6.66. The van der Waals surface area contributed by atoms with E-state index in [0.29, 0.717) is 17.5 Å². The van der Waals surface area contributed by atoms with Gasteiger partial charge in [0.15, 0.2) is 5.84 Å². The van der Waals surface area contributed by atoms with Crippen LogP contribution in [0.1, 0.15) is 24.8 Å². The van der Waals surface area contributed by atoms with E-state index in [1.807, 2.05) is 0 Å². The monoisotopic (exact) mass is 277 g/mol. The van der Waals surface area contributed by atoms with Crippen molar-refractivity contribution in [3.8, 4) is 0 Å². The van der Waals surface area contributed by atoms with Gasteiger partial charge >= 0.3 is 0 Å². The maximum absolute atomic E-state index is 13.2. The number of anilines is 1. The molecule has 2 atom stereocenters. The Morgan fingerprint density at radius 2 is 2.05 bits per heavy atom. The molecular weight excluding hydrogens is 261 g/mol. The average Bonchev–Trinajstić information content (AvgIpc) is 3.06. The highest BCUT2D eigenvalue weighted by molar-refractivity contribution is 6.05. The number of halogens is 1. The number of amides is 1. The molecule has 0 aliphatic heterocycles. The molecule has 1 amide bonds. The predicted octanol–water partition coefficient (Wildman–Crippen LogP) is 1.90. The van der Waals surface area contributed by atoms with Crippen LogP contribution < -0.4 is 11.1 Å². The molecule has 20 heavy (non-hydrogen) atoms. The summed E-state index contributed by atoms with van der Waals surface area (Å²) in [5, 5.41) is 14.3. The van der Waals surface area contributed by atoms with Crippen LogP contribution in [-0.2, 0) is 4.79 Å². The summed E-state index contributed by atoms with van der Waals surface area (Å²) in [6.45, 7) is 0. The number of nitrogens with one attached hydrogen (secondary N) is 1. The molecule has 0 bridgehead atoms. The lowest BCUT2D eigenvalue weighted by atomic mass is 10.0. The van der Waals surface area contributed by atoms with Crippen molar-refractivity contribution < 1.29 is 14.4 Å². The Bertz CT molecular complexity index is 578. The topological polar surface area (TPSA) is 87.7 Å². The van der Waals surface area contributed by atoms with E-state index in [9.17, 15) is 9.18 Å². The van der Waals surface area contributed by atoms with Gasteiger partial charge in [-0.1, -0.05) is 5.16 Å². The van der Waals surface area contributed by atoms with Gasteiger partial charge in [0.05, 0.1) is 5.69 Å². The number of hydrogen-bond donors (Lipinski definition) is 3. The number of fused-ring (bicyclic) bond motifs is 1. The van der Waals surface area contributed by atoms with Crippen molar-refractivity contribution in [1.82, 2.24) is 0 Å². The summed E-state index contributed by atoms with van der Waals surface area (Å²) in [6, 6.07) is 3.79. The van der Waals surface area contributed by atoms with Crippen LogP contribution in [0.15, 0.2) is 23.4 Å². The van der Waals surface area contributed by atoms with Crippen molar-refractivity contribution in [2.24, 2.45) is 28.6 Å². The van der Waals surface area contributed by atoms with E-state index in [2.05, 4.69) is 10.5 Å². The summed E-state index contributed by atoms with van der Waals surface area (Å²) in [7, 11) is 0. The molecule has 106 valence electrons. The molecule has 0 saturated heterocycles. The molecule has 0 radical (unpaired) electrons. The molecule has 0 spiro atoms. The zero-order valence-electron chi connectivity index (χ0n) is 10.8. The standard InChI is InChI=1S/C14H16FN3O2/c15-10-1-2-12(11(6-10)13(16)18-20)17-14(19)9-4-7-3-8(7)5-9/h1-2,6-9,20H,3-5H2,(H2,16,18)(H,17,19). The molecular formula is C14H16FN3O2. The Morgan fingerprint density at radius 3 is 2.70 bits per heavy atom. The summed E-state index contributed by atoms with van der Waals surface area (Å²) in [5.74, 6) is 0.630. The van der Waals surface area contributed by atoms with Gasteiger partial charge < -0.3 is 16.3 Å². The van der Waals surface area contributed by atoms with E-state index < -0.39 is 5.82 Å². The Morgan fingerprint density at radius 1 is 1.35 bits per heavy atom. The number of carbonyl (C=O) groups is 1. The average molecular weight is 277 g/mol. The third-order valence-electron chi connectivity index (χ3n) is 4.24. The maximum Gasteiger partial charge on any atom is 0.227 e. The molecule has 2 saturated carbocycles. The Kier molecular flexibility index (Phi) is 3.08. The van der Waals surface area contributed by atoms with Crippen LogP contribution in [0.4, 0.5) is 10.1 Å². The van der Waals surface area contributed by atoms with Gasteiger partial charge in [0.1, 0.15) is 5.82 Å². The number of carbonyl (C=O) groups excluding carboxylic acids is 1. The summed E-state index contributed by atoms with van der Waals surface area (Å²) in [4.78, 5) is 12.2. The fourth-order valence-electron chi connectivity index (χ4n) is 3.05. The van der Waals surface area contributed by atoms with E-state index in [4.69, 9.17) is 10.9 Å². The summed E-state index contributed by atoms with van der Waals surface area (Å²) in [5.41, 5.74) is 6.06. The van der Waals surface area contributed by atoms with Crippen molar-refractivity contribution in [2.45, 2.75) is 19.3 Å². The zero-order chi connectivity index (χ0) is 14.3. The Hall–Kier alpha value is -2.11. The number of oxime groups is 1. The fraction of sp³-hybridized carbons (Fsp3) is 0.429. The number of nitrogens with two attached hydrogens (primary N) is 1. The van der Waals surface area contributed by atoms with E-state index in [1.165, 1.54) is 18.6 Å². The van der Waals surface area contributed by atoms with Crippen LogP contribution in [0.5, 0.6) is 0 Å². The SMILES string of the molecule is N/C(=N/O)c1cc(F)ccc1NC(=O)C1CC2CC2C1. The molecule has 2 aliphatic rings. The highest BCUT2D eigenvalue weighted by atomic mass is 19.1. The zero-order valence-corrected chi connectivity index (χ0v) is 10.8. The number of amidine groups is 1. The highest BCUT2D eigenvalue weighted by Gasteiger charge is 2.48. The lowest BCUT2D eigenvalue weighted by Crippen LogP contribution is -2.24. The molecule has 4 N–H and O–H groups in total. The van der Waals surface area contributed by atoms with Crippen molar-refractivity contribution >= 4 is 17.4 Å². The summed E-state index contributed by atoms with van der Waals surface area (Å²) >= 11 is 0. The first-order chi connectivity index (χ1) is 9.58. The number of rotatable bonds is 3. The Balaban J connectivity index is 1.77. The van der Waals surface area contributed by atoms with E-state index in [0.717, 1.165) is 18.9 Å². The minimum Gasteiger partial charge on any atom is -0.409 e. The third-order valence-corrected chi connectivity index (χ3v) is 4.24. The number of benzene rings is 1. The smallest absolute Gasteiger partial charge is 0.227 e. The van der Waals surface area contributed by atoms with Crippen molar-refractivity contribution in [3.05, 3.63) is 29.6 Å².